The van der Waals surface area contributed by atoms with Gasteiger partial charge in [0.25, 0.3) is 5.70 Å². The molecule has 1 rings (SSSR count). The minimum Gasteiger partial charge on any atom is -0.248 e. The lowest BCUT2D eigenvalue weighted by molar-refractivity contribution is 1.50. The maximum absolute atomic E-state index is 8.64. The van der Waals surface area contributed by atoms with Gasteiger partial charge < -0.3 is 0 Å². The summed E-state index contributed by atoms with van der Waals surface area (Å²) in [6.07, 6.45) is 0. The molecular weight excluding hydrogens is 194 g/mol. The van der Waals surface area contributed by atoms with Crippen LogP contribution in [0.3, 0.4) is 0 Å². The molecule has 0 saturated heterocycles. The fourth-order valence-electron chi connectivity index (χ4n) is 0.917. The van der Waals surface area contributed by atoms with Crippen molar-refractivity contribution in [2.24, 2.45) is 0 Å². The molecule has 1 aromatic rings. The van der Waals surface area contributed by atoms with Gasteiger partial charge in [0.15, 0.2) is 0 Å². The number of thiophene rings is 1. The zero-order valence-corrected chi connectivity index (χ0v) is 8.22. The van der Waals surface area contributed by atoms with Gasteiger partial charge in [0.1, 0.15) is 0 Å². The predicted octanol–water partition coefficient (Wildman–Crippen LogP) is 3.09. The second-order valence-corrected chi connectivity index (χ2v) is 3.73. The van der Waals surface area contributed by atoms with Crippen molar-refractivity contribution >= 4 is 17.0 Å². The van der Waals surface area contributed by atoms with Crippen molar-refractivity contribution in [3.8, 4) is 6.07 Å². The average Bonchev–Trinajstić information content (AvgIpc) is 2.60. The molecule has 0 spiro atoms. The third-order valence-electron chi connectivity index (χ3n) is 1.53. The summed E-state index contributed by atoms with van der Waals surface area (Å²) in [5, 5.41) is 8.64. The predicted molar refractivity (Wildman–Crippen MR) is 54.8 cm³/mol. The maximum atomic E-state index is 8.64. The molecule has 0 atom stereocenters. The van der Waals surface area contributed by atoms with Crippen LogP contribution in [0.25, 0.3) is 15.4 Å². The van der Waals surface area contributed by atoms with Gasteiger partial charge in [-0.3, -0.25) is 0 Å². The number of aryl methyl sites for hydroxylation is 1. The second kappa shape index (κ2) is 4.23. The third kappa shape index (κ3) is 1.80. The van der Waals surface area contributed by atoms with E-state index < -0.39 is 0 Å². The van der Waals surface area contributed by atoms with Crippen molar-refractivity contribution in [2.75, 3.05) is 0 Å². The Morgan fingerprint density at radius 3 is 2.50 bits per heavy atom. The van der Waals surface area contributed by atoms with E-state index in [-0.39, 0.29) is 11.4 Å². The molecule has 4 heteroatoms. The number of hydrogen-bond acceptors (Lipinski definition) is 2. The first-order valence-electron chi connectivity index (χ1n) is 3.69. The van der Waals surface area contributed by atoms with Crippen molar-refractivity contribution < 1.29 is 0 Å². The van der Waals surface area contributed by atoms with Crippen LogP contribution in [0, 0.1) is 31.4 Å². The smallest absolute Gasteiger partial charge is 0.248 e. The van der Waals surface area contributed by atoms with E-state index in [0.29, 0.717) is 4.88 Å². The first-order chi connectivity index (χ1) is 6.72. The van der Waals surface area contributed by atoms with Crippen LogP contribution >= 0.6 is 11.3 Å². The van der Waals surface area contributed by atoms with Crippen LogP contribution in [-0.4, -0.2) is 0 Å². The lowest BCUT2D eigenvalue weighted by atomic mass is 10.3. The molecule has 0 saturated carbocycles. The molecule has 0 aliphatic rings. The van der Waals surface area contributed by atoms with Crippen LogP contribution in [0.4, 0.5) is 0 Å². The quantitative estimate of drug-likeness (QED) is 0.505. The zero-order valence-electron chi connectivity index (χ0n) is 7.40. The topological polar surface area (TPSA) is 32.5 Å². The molecule has 0 aliphatic heterocycles. The summed E-state index contributed by atoms with van der Waals surface area (Å²) in [5.41, 5.74) is 0.0162. The molecule has 0 amide bonds. The van der Waals surface area contributed by atoms with Gasteiger partial charge in [0.2, 0.25) is 5.70 Å². The van der Waals surface area contributed by atoms with E-state index in [0.717, 1.165) is 4.88 Å². The van der Waals surface area contributed by atoms with E-state index in [4.69, 9.17) is 18.4 Å². The molecule has 3 nitrogen and oxygen atoms in total. The normalized spacial score (nSPS) is 10.7. The van der Waals surface area contributed by atoms with E-state index in [9.17, 15) is 0 Å². The summed E-state index contributed by atoms with van der Waals surface area (Å²) in [7, 11) is 0. The van der Waals surface area contributed by atoms with Gasteiger partial charge in [0, 0.05) is 9.75 Å². The maximum Gasteiger partial charge on any atom is 0.270 e. The van der Waals surface area contributed by atoms with Gasteiger partial charge in [-0.25, -0.2) is 15.0 Å². The SMILES string of the molecule is [C-]#[N+]/C(C#N)=C(\[N+]#[C-])c1ccc(C)s1. The van der Waals surface area contributed by atoms with Gasteiger partial charge in [-0.05, 0) is 13.0 Å². The van der Waals surface area contributed by atoms with Crippen molar-refractivity contribution in [1.82, 2.24) is 0 Å². The van der Waals surface area contributed by atoms with Crippen LogP contribution in [-0.2, 0) is 0 Å². The van der Waals surface area contributed by atoms with Gasteiger partial charge >= 0.3 is 0 Å². The van der Waals surface area contributed by atoms with E-state index >= 15 is 0 Å². The summed E-state index contributed by atoms with van der Waals surface area (Å²) in [6, 6.07) is 5.35. The summed E-state index contributed by atoms with van der Waals surface area (Å²) in [4.78, 5) is 7.99. The van der Waals surface area contributed by atoms with Crippen LogP contribution in [0.15, 0.2) is 17.8 Å². The molecule has 1 heterocycles. The minimum atomic E-state index is -0.137. The fraction of sp³-hybridized carbons (Fsp3) is 0.100. The molecule has 0 radical (unpaired) electrons. The van der Waals surface area contributed by atoms with Crippen LogP contribution in [0.2, 0.25) is 0 Å². The average molecular weight is 199 g/mol. The number of nitrogens with zero attached hydrogens (tertiary/aromatic N) is 3. The molecule has 0 N–H and O–H groups in total. The van der Waals surface area contributed by atoms with Crippen molar-refractivity contribution in [3.05, 3.63) is 50.4 Å². The molecule has 0 bridgehead atoms. The molecular formula is C10H5N3S. The highest BCUT2D eigenvalue weighted by Crippen LogP contribution is 2.27. The van der Waals surface area contributed by atoms with Gasteiger partial charge in [-0.2, -0.15) is 11.3 Å². The highest BCUT2D eigenvalue weighted by molar-refractivity contribution is 7.13. The summed E-state index contributed by atoms with van der Waals surface area (Å²) in [6.45, 7) is 15.6. The molecule has 0 aromatic carbocycles. The summed E-state index contributed by atoms with van der Waals surface area (Å²) >= 11 is 1.41. The molecule has 1 aromatic heterocycles. The Bertz CT molecular complexity index is 487. The molecule has 0 aliphatic carbocycles. The van der Waals surface area contributed by atoms with Gasteiger partial charge in [-0.1, -0.05) is 6.07 Å². The number of allylic oxidation sites excluding steroid dienone is 1. The Labute approximate surface area is 86.2 Å². The molecule has 66 valence electrons. The molecule has 0 fully saturated rings. The standard InChI is InChI=1S/C10H5N3S/c1-7-4-5-9(14-7)10(13-3)8(6-11)12-2/h4-5H,1H3/b10-8-. The van der Waals surface area contributed by atoms with Crippen LogP contribution < -0.4 is 0 Å². The Hall–Kier alpha value is -2.09. The highest BCUT2D eigenvalue weighted by Gasteiger charge is 2.10. The van der Waals surface area contributed by atoms with E-state index in [1.165, 1.54) is 11.3 Å². The molecule has 14 heavy (non-hydrogen) atoms. The lowest BCUT2D eigenvalue weighted by Gasteiger charge is -1.91. The Kier molecular flexibility index (Phi) is 3.02. The van der Waals surface area contributed by atoms with E-state index in [2.05, 4.69) is 9.69 Å². The highest BCUT2D eigenvalue weighted by atomic mass is 32.1. The second-order valence-electron chi connectivity index (χ2n) is 2.44. The number of rotatable bonds is 1. The summed E-state index contributed by atoms with van der Waals surface area (Å²) in [5.74, 6) is 0. The minimum absolute atomic E-state index is 0.137. The molecule has 0 unspecified atom stereocenters. The van der Waals surface area contributed by atoms with Crippen molar-refractivity contribution in [2.45, 2.75) is 6.92 Å². The summed E-state index contributed by atoms with van der Waals surface area (Å²) < 4.78 is 0. The monoisotopic (exact) mass is 199 g/mol. The van der Waals surface area contributed by atoms with Crippen molar-refractivity contribution in [1.29, 1.82) is 5.26 Å². The van der Waals surface area contributed by atoms with Gasteiger partial charge in [-0.15, -0.1) is 0 Å². The number of nitriles is 1. The van der Waals surface area contributed by atoms with Crippen LogP contribution in [0.1, 0.15) is 9.75 Å². The largest absolute Gasteiger partial charge is 0.270 e. The van der Waals surface area contributed by atoms with E-state index in [1.807, 2.05) is 13.0 Å². The first-order valence-corrected chi connectivity index (χ1v) is 4.50. The zero-order chi connectivity index (χ0) is 10.6. The lowest BCUT2D eigenvalue weighted by Crippen LogP contribution is -1.77. The number of hydrogen-bond donors (Lipinski definition) is 0. The Balaban J connectivity index is 3.35. The Morgan fingerprint density at radius 1 is 1.43 bits per heavy atom. The van der Waals surface area contributed by atoms with Gasteiger partial charge in [0.05, 0.1) is 19.2 Å². The first kappa shape index (κ1) is 9.99. The van der Waals surface area contributed by atoms with E-state index in [1.54, 1.807) is 12.1 Å². The Morgan fingerprint density at radius 2 is 2.14 bits per heavy atom. The van der Waals surface area contributed by atoms with Crippen LogP contribution in [0.5, 0.6) is 0 Å². The fourth-order valence-corrected chi connectivity index (χ4v) is 1.78. The third-order valence-corrected chi connectivity index (χ3v) is 2.53. The van der Waals surface area contributed by atoms with Crippen molar-refractivity contribution in [3.63, 3.8) is 0 Å².